The van der Waals surface area contributed by atoms with Crippen molar-refractivity contribution < 1.29 is 22.3 Å². The number of thioether (sulfide) groups is 1. The first-order valence-electron chi connectivity index (χ1n) is 10.1. The third-order valence-corrected chi connectivity index (χ3v) is 7.29. The van der Waals surface area contributed by atoms with Gasteiger partial charge >= 0.3 is 0 Å². The Morgan fingerprint density at radius 1 is 1.26 bits per heavy atom. The number of hydrogen-bond donors (Lipinski definition) is 1. The van der Waals surface area contributed by atoms with Crippen molar-refractivity contribution in [3.05, 3.63) is 59.4 Å². The van der Waals surface area contributed by atoms with Crippen molar-refractivity contribution in [1.82, 2.24) is 9.62 Å². The second-order valence-electron chi connectivity index (χ2n) is 7.26. The molecule has 0 aliphatic carbocycles. The summed E-state index contributed by atoms with van der Waals surface area (Å²) in [5.74, 6) is 0.187. The van der Waals surface area contributed by atoms with E-state index >= 15 is 0 Å². The number of fused-ring (bicyclic) bond motifs is 1. The Kier molecular flexibility index (Phi) is 7.96. The summed E-state index contributed by atoms with van der Waals surface area (Å²) in [4.78, 5) is 14.5. The molecule has 6 nitrogen and oxygen atoms in total. The predicted octanol–water partition coefficient (Wildman–Crippen LogP) is 3.21. The number of amides is 1. The number of benzene rings is 2. The average molecular weight is 467 g/mol. The second kappa shape index (κ2) is 10.5. The lowest BCUT2D eigenvalue weighted by Gasteiger charge is -2.32. The van der Waals surface area contributed by atoms with Crippen LogP contribution in [0.1, 0.15) is 24.5 Å². The van der Waals surface area contributed by atoms with Gasteiger partial charge in [-0.3, -0.25) is 4.79 Å². The molecule has 0 radical (unpaired) electrons. The number of hydrogen-bond acceptors (Lipinski definition) is 5. The fourth-order valence-corrected chi connectivity index (χ4v) is 5.35. The smallest absolute Gasteiger partial charge is 0.244 e. The SMILES string of the molecule is CCOc1ccc2c(c1)CN(C(=O)C(CCSC)NS(=O)(=O)c1ccccc1F)CC2. The Morgan fingerprint density at radius 2 is 2.03 bits per heavy atom. The van der Waals surface area contributed by atoms with Gasteiger partial charge in [0.2, 0.25) is 15.9 Å². The Hall–Kier alpha value is -2.10. The summed E-state index contributed by atoms with van der Waals surface area (Å²) in [6, 6.07) is 10.1. The molecule has 1 N–H and O–H groups in total. The van der Waals surface area contributed by atoms with E-state index in [1.807, 2.05) is 31.4 Å². The summed E-state index contributed by atoms with van der Waals surface area (Å²) < 4.78 is 47.6. The van der Waals surface area contributed by atoms with Crippen molar-refractivity contribution >= 4 is 27.7 Å². The Labute approximate surface area is 187 Å². The highest BCUT2D eigenvalue weighted by Gasteiger charge is 2.31. The molecule has 1 aliphatic heterocycles. The normalized spacial score (nSPS) is 14.7. The van der Waals surface area contributed by atoms with E-state index in [1.165, 1.54) is 30.0 Å². The largest absolute Gasteiger partial charge is 0.494 e. The van der Waals surface area contributed by atoms with Gasteiger partial charge in [-0.05, 0) is 67.2 Å². The van der Waals surface area contributed by atoms with Crippen molar-refractivity contribution in [2.45, 2.75) is 37.2 Å². The molecule has 1 heterocycles. The number of carbonyl (C=O) groups excluding carboxylic acids is 1. The molecule has 0 saturated heterocycles. The van der Waals surface area contributed by atoms with Crippen LogP contribution in [0.2, 0.25) is 0 Å². The van der Waals surface area contributed by atoms with E-state index in [4.69, 9.17) is 4.74 Å². The van der Waals surface area contributed by atoms with E-state index in [2.05, 4.69) is 4.72 Å². The Balaban J connectivity index is 1.80. The van der Waals surface area contributed by atoms with Crippen LogP contribution < -0.4 is 9.46 Å². The van der Waals surface area contributed by atoms with Crippen LogP contribution in [-0.2, 0) is 27.8 Å². The van der Waals surface area contributed by atoms with Gasteiger partial charge in [-0.15, -0.1) is 0 Å². The predicted molar refractivity (Wildman–Crippen MR) is 120 cm³/mol. The summed E-state index contributed by atoms with van der Waals surface area (Å²) in [7, 11) is -4.18. The molecule has 168 valence electrons. The molecular formula is C22H27FN2O4S2. The van der Waals surface area contributed by atoms with E-state index in [0.717, 1.165) is 22.9 Å². The van der Waals surface area contributed by atoms with Crippen molar-refractivity contribution in [1.29, 1.82) is 0 Å². The number of nitrogens with one attached hydrogen (secondary N) is 1. The van der Waals surface area contributed by atoms with Crippen LogP contribution in [0.5, 0.6) is 5.75 Å². The van der Waals surface area contributed by atoms with Crippen LogP contribution in [0.4, 0.5) is 4.39 Å². The molecule has 1 aliphatic rings. The molecule has 2 aromatic carbocycles. The Bertz CT molecular complexity index is 1030. The van der Waals surface area contributed by atoms with Crippen molar-refractivity contribution in [3.63, 3.8) is 0 Å². The lowest BCUT2D eigenvalue weighted by molar-refractivity contribution is -0.134. The molecule has 3 rings (SSSR count). The lowest BCUT2D eigenvalue weighted by Crippen LogP contribution is -2.50. The molecule has 1 atom stereocenters. The Morgan fingerprint density at radius 3 is 2.74 bits per heavy atom. The van der Waals surface area contributed by atoms with Gasteiger partial charge in [0, 0.05) is 13.1 Å². The van der Waals surface area contributed by atoms with Gasteiger partial charge < -0.3 is 9.64 Å². The molecule has 0 fully saturated rings. The van der Waals surface area contributed by atoms with E-state index in [1.54, 1.807) is 4.90 Å². The van der Waals surface area contributed by atoms with Crippen molar-refractivity contribution in [2.75, 3.05) is 25.2 Å². The first-order chi connectivity index (χ1) is 14.9. The number of carbonyl (C=O) groups is 1. The molecule has 31 heavy (non-hydrogen) atoms. The quantitative estimate of drug-likeness (QED) is 0.614. The van der Waals surface area contributed by atoms with Gasteiger partial charge in [-0.1, -0.05) is 18.2 Å². The maximum absolute atomic E-state index is 14.1. The fraction of sp³-hybridized carbons (Fsp3) is 0.409. The first-order valence-corrected chi connectivity index (χ1v) is 13.0. The zero-order valence-electron chi connectivity index (χ0n) is 17.6. The first kappa shape index (κ1) is 23.6. The van der Waals surface area contributed by atoms with E-state index < -0.39 is 26.8 Å². The van der Waals surface area contributed by atoms with Gasteiger partial charge in [0.1, 0.15) is 22.5 Å². The molecule has 2 aromatic rings. The number of nitrogens with zero attached hydrogens (tertiary/aromatic N) is 1. The van der Waals surface area contributed by atoms with Crippen LogP contribution in [-0.4, -0.2) is 50.4 Å². The number of rotatable bonds is 9. The number of sulfonamides is 1. The number of ether oxygens (including phenoxy) is 1. The maximum Gasteiger partial charge on any atom is 0.244 e. The van der Waals surface area contributed by atoms with Crippen LogP contribution in [0.15, 0.2) is 47.4 Å². The molecule has 1 unspecified atom stereocenters. The fourth-order valence-electron chi connectivity index (χ4n) is 3.58. The highest BCUT2D eigenvalue weighted by molar-refractivity contribution is 7.98. The van der Waals surface area contributed by atoms with Gasteiger partial charge in [-0.25, -0.2) is 12.8 Å². The summed E-state index contributed by atoms with van der Waals surface area (Å²) >= 11 is 1.52. The minimum Gasteiger partial charge on any atom is -0.494 e. The molecule has 0 aromatic heterocycles. The zero-order valence-corrected chi connectivity index (χ0v) is 19.3. The molecule has 0 spiro atoms. The highest BCUT2D eigenvalue weighted by Crippen LogP contribution is 2.25. The van der Waals surface area contributed by atoms with Gasteiger partial charge in [0.25, 0.3) is 0 Å². The van der Waals surface area contributed by atoms with Crippen molar-refractivity contribution in [3.8, 4) is 5.75 Å². The standard InChI is InChI=1S/C22H27FN2O4S2/c1-3-29-18-9-8-16-10-12-25(15-17(16)14-18)22(26)20(11-13-30-2)24-31(27,28)21-7-5-4-6-19(21)23/h4-9,14,20,24H,3,10-13,15H2,1-2H3. The molecule has 1 amide bonds. The summed E-state index contributed by atoms with van der Waals surface area (Å²) in [6.07, 6.45) is 2.89. The third-order valence-electron chi connectivity index (χ3n) is 5.14. The van der Waals surface area contributed by atoms with Crippen LogP contribution >= 0.6 is 11.8 Å². The summed E-state index contributed by atoms with van der Waals surface area (Å²) in [6.45, 7) is 3.34. The van der Waals surface area contributed by atoms with Crippen molar-refractivity contribution in [2.24, 2.45) is 0 Å². The summed E-state index contributed by atoms with van der Waals surface area (Å²) in [5, 5.41) is 0. The molecule has 0 saturated carbocycles. The monoisotopic (exact) mass is 466 g/mol. The average Bonchev–Trinajstić information content (AvgIpc) is 2.76. The zero-order chi connectivity index (χ0) is 22.4. The molecular weight excluding hydrogens is 439 g/mol. The summed E-state index contributed by atoms with van der Waals surface area (Å²) in [5.41, 5.74) is 2.14. The van der Waals surface area contributed by atoms with Gasteiger partial charge in [-0.2, -0.15) is 16.5 Å². The topological polar surface area (TPSA) is 75.7 Å². The molecule has 9 heteroatoms. The van der Waals surface area contributed by atoms with Gasteiger partial charge in [0.15, 0.2) is 0 Å². The van der Waals surface area contributed by atoms with E-state index in [0.29, 0.717) is 38.3 Å². The van der Waals surface area contributed by atoms with Crippen LogP contribution in [0.3, 0.4) is 0 Å². The van der Waals surface area contributed by atoms with Crippen LogP contribution in [0, 0.1) is 5.82 Å². The second-order valence-corrected chi connectivity index (χ2v) is 9.93. The van der Waals surface area contributed by atoms with E-state index in [9.17, 15) is 17.6 Å². The van der Waals surface area contributed by atoms with Crippen LogP contribution in [0.25, 0.3) is 0 Å². The lowest BCUT2D eigenvalue weighted by atomic mass is 9.98. The van der Waals surface area contributed by atoms with E-state index in [-0.39, 0.29) is 5.91 Å². The maximum atomic E-state index is 14.1. The van der Waals surface area contributed by atoms with Gasteiger partial charge in [0.05, 0.1) is 6.61 Å². The highest BCUT2D eigenvalue weighted by atomic mass is 32.2. The molecule has 0 bridgehead atoms. The third kappa shape index (κ3) is 5.78. The minimum absolute atomic E-state index is 0.304. The minimum atomic E-state index is -4.18. The number of halogens is 1.